The van der Waals surface area contributed by atoms with Crippen LogP contribution in [-0.4, -0.2) is 16.9 Å². The first-order chi connectivity index (χ1) is 14.5. The van der Waals surface area contributed by atoms with Crippen LogP contribution in [0.2, 0.25) is 0 Å². The molecule has 7 nitrogen and oxygen atoms in total. The van der Waals surface area contributed by atoms with Gasteiger partial charge in [0.05, 0.1) is 6.26 Å². The maximum absolute atomic E-state index is 12.5. The average molecular weight is 419 g/mol. The van der Waals surface area contributed by atoms with Gasteiger partial charge in [0, 0.05) is 22.3 Å². The van der Waals surface area contributed by atoms with Gasteiger partial charge in [-0.05, 0) is 61.6 Å². The molecule has 0 radical (unpaired) electrons. The molecule has 0 aliphatic rings. The Kier molecular flexibility index (Phi) is 5.32. The molecular weight excluding hydrogens is 402 g/mol. The fourth-order valence-electron chi connectivity index (χ4n) is 2.95. The molecule has 0 aliphatic heterocycles. The summed E-state index contributed by atoms with van der Waals surface area (Å²) in [5.74, 6) is -0.327. The second-order valence-corrected chi connectivity index (χ2v) is 6.88. The second kappa shape index (κ2) is 8.22. The second-order valence-electron chi connectivity index (χ2n) is 6.47. The van der Waals surface area contributed by atoms with Gasteiger partial charge in [-0.15, -0.1) is 0 Å². The van der Waals surface area contributed by atoms with Crippen LogP contribution in [0.1, 0.15) is 26.7 Å². The van der Waals surface area contributed by atoms with E-state index in [1.807, 2.05) is 31.2 Å². The maximum atomic E-state index is 12.5. The summed E-state index contributed by atoms with van der Waals surface area (Å²) in [6, 6.07) is 17.5. The number of anilines is 2. The summed E-state index contributed by atoms with van der Waals surface area (Å²) in [5, 5.41) is 9.28. The van der Waals surface area contributed by atoms with Gasteiger partial charge >= 0.3 is 0 Å². The Hall–Kier alpha value is -3.91. The van der Waals surface area contributed by atoms with Gasteiger partial charge in [0.2, 0.25) is 0 Å². The molecular formula is C22H17N3O4S. The molecule has 0 fully saturated rings. The van der Waals surface area contributed by atoms with Crippen molar-refractivity contribution in [3.63, 3.8) is 0 Å². The molecule has 3 N–H and O–H groups in total. The van der Waals surface area contributed by atoms with Crippen molar-refractivity contribution in [2.45, 2.75) is 6.92 Å². The van der Waals surface area contributed by atoms with Crippen LogP contribution in [-0.2, 0) is 0 Å². The minimum absolute atomic E-state index is 0.132. The Labute approximate surface area is 177 Å². The minimum Gasteiger partial charge on any atom is -0.459 e. The van der Waals surface area contributed by atoms with Crippen LogP contribution in [0.15, 0.2) is 75.8 Å². The van der Waals surface area contributed by atoms with E-state index in [0.717, 1.165) is 10.9 Å². The predicted molar refractivity (Wildman–Crippen MR) is 118 cm³/mol. The van der Waals surface area contributed by atoms with Crippen LogP contribution in [0, 0.1) is 6.92 Å². The third kappa shape index (κ3) is 4.08. The van der Waals surface area contributed by atoms with E-state index in [4.69, 9.17) is 21.1 Å². The van der Waals surface area contributed by atoms with E-state index >= 15 is 0 Å². The SMILES string of the molecule is Cc1c(C(=O)NC(=S)Nc2ccc(NC(=O)c3ccco3)cc2)oc2ccccc12. The number of benzene rings is 2. The standard InChI is InChI=1S/C22H17N3O4S/c1-13-16-5-2-3-6-17(16)29-19(13)21(27)25-22(30)24-15-10-8-14(9-11-15)23-20(26)18-7-4-12-28-18/h2-12H,1H3,(H,23,26)(H2,24,25,27,30). The number of fused-ring (bicyclic) bond motifs is 1. The van der Waals surface area contributed by atoms with Gasteiger partial charge < -0.3 is 19.5 Å². The predicted octanol–water partition coefficient (Wildman–Crippen LogP) is 4.71. The van der Waals surface area contributed by atoms with E-state index < -0.39 is 5.91 Å². The molecule has 0 atom stereocenters. The summed E-state index contributed by atoms with van der Waals surface area (Å²) in [7, 11) is 0. The molecule has 2 heterocycles. The van der Waals surface area contributed by atoms with Crippen LogP contribution >= 0.6 is 12.2 Å². The molecule has 0 saturated carbocycles. The molecule has 0 spiro atoms. The number of hydrogen-bond acceptors (Lipinski definition) is 5. The summed E-state index contributed by atoms with van der Waals surface area (Å²) in [4.78, 5) is 24.5. The number of aryl methyl sites for hydroxylation is 1. The van der Waals surface area contributed by atoms with Gasteiger partial charge in [-0.1, -0.05) is 18.2 Å². The van der Waals surface area contributed by atoms with Crippen LogP contribution in [0.3, 0.4) is 0 Å². The molecule has 0 bridgehead atoms. The van der Waals surface area contributed by atoms with Crippen LogP contribution in [0.4, 0.5) is 11.4 Å². The van der Waals surface area contributed by atoms with E-state index in [9.17, 15) is 9.59 Å². The Morgan fingerprint density at radius 1 is 0.867 bits per heavy atom. The topological polar surface area (TPSA) is 96.5 Å². The van der Waals surface area contributed by atoms with Crippen molar-refractivity contribution in [2.75, 3.05) is 10.6 Å². The monoisotopic (exact) mass is 419 g/mol. The molecule has 2 aromatic carbocycles. The molecule has 2 amide bonds. The Bertz CT molecular complexity index is 1230. The van der Waals surface area contributed by atoms with Crippen LogP contribution in [0.25, 0.3) is 11.0 Å². The summed E-state index contributed by atoms with van der Waals surface area (Å²) in [5.41, 5.74) is 2.64. The highest BCUT2D eigenvalue weighted by molar-refractivity contribution is 7.80. The van der Waals surface area contributed by atoms with Gasteiger partial charge in [-0.2, -0.15) is 0 Å². The first-order valence-corrected chi connectivity index (χ1v) is 9.47. The normalized spacial score (nSPS) is 10.6. The zero-order chi connectivity index (χ0) is 21.1. The molecule has 0 aliphatic carbocycles. The first kappa shape index (κ1) is 19.4. The average Bonchev–Trinajstić information content (AvgIpc) is 3.38. The zero-order valence-electron chi connectivity index (χ0n) is 15.9. The maximum Gasteiger partial charge on any atom is 0.293 e. The van der Waals surface area contributed by atoms with Gasteiger partial charge in [-0.25, -0.2) is 0 Å². The Morgan fingerprint density at radius 3 is 2.23 bits per heavy atom. The number of hydrogen-bond donors (Lipinski definition) is 3. The molecule has 150 valence electrons. The van der Waals surface area contributed by atoms with Crippen molar-refractivity contribution in [2.24, 2.45) is 0 Å². The highest BCUT2D eigenvalue weighted by Crippen LogP contribution is 2.24. The number of para-hydroxylation sites is 1. The first-order valence-electron chi connectivity index (χ1n) is 9.06. The van der Waals surface area contributed by atoms with Gasteiger partial charge in [0.15, 0.2) is 16.6 Å². The van der Waals surface area contributed by atoms with Crippen molar-refractivity contribution in [1.29, 1.82) is 0 Å². The van der Waals surface area contributed by atoms with Crippen molar-refractivity contribution >= 4 is 51.5 Å². The lowest BCUT2D eigenvalue weighted by Gasteiger charge is -2.10. The summed E-state index contributed by atoms with van der Waals surface area (Å²) in [6.07, 6.45) is 1.43. The smallest absolute Gasteiger partial charge is 0.293 e. The van der Waals surface area contributed by atoms with Gasteiger partial charge in [0.1, 0.15) is 5.58 Å². The number of carbonyl (C=O) groups excluding carboxylic acids is 2. The van der Waals surface area contributed by atoms with Crippen molar-refractivity contribution in [1.82, 2.24) is 5.32 Å². The number of amides is 2. The summed E-state index contributed by atoms with van der Waals surface area (Å²) < 4.78 is 10.7. The molecule has 2 aromatic heterocycles. The minimum atomic E-state index is -0.427. The van der Waals surface area contributed by atoms with E-state index in [2.05, 4.69) is 16.0 Å². The lowest BCUT2D eigenvalue weighted by atomic mass is 10.1. The third-order valence-electron chi connectivity index (χ3n) is 4.42. The van der Waals surface area contributed by atoms with Gasteiger partial charge in [-0.3, -0.25) is 14.9 Å². The quantitative estimate of drug-likeness (QED) is 0.415. The van der Waals surface area contributed by atoms with Crippen molar-refractivity contribution in [3.05, 3.63) is 84.0 Å². The molecule has 30 heavy (non-hydrogen) atoms. The Morgan fingerprint density at radius 2 is 1.57 bits per heavy atom. The molecule has 0 unspecified atom stereocenters. The summed E-state index contributed by atoms with van der Waals surface area (Å²) >= 11 is 5.23. The van der Waals surface area contributed by atoms with Crippen LogP contribution < -0.4 is 16.0 Å². The number of thiocarbonyl (C=S) groups is 1. The molecule has 0 saturated heterocycles. The van der Waals surface area contributed by atoms with E-state index in [1.165, 1.54) is 6.26 Å². The lowest BCUT2D eigenvalue weighted by molar-refractivity contribution is 0.0950. The fourth-order valence-corrected chi connectivity index (χ4v) is 3.16. The number of carbonyl (C=O) groups is 2. The highest BCUT2D eigenvalue weighted by Gasteiger charge is 2.18. The summed E-state index contributed by atoms with van der Waals surface area (Å²) in [6.45, 7) is 1.83. The zero-order valence-corrected chi connectivity index (χ0v) is 16.7. The van der Waals surface area contributed by atoms with Gasteiger partial charge in [0.25, 0.3) is 11.8 Å². The fraction of sp³-hybridized carbons (Fsp3) is 0.0455. The van der Waals surface area contributed by atoms with Crippen LogP contribution in [0.5, 0.6) is 0 Å². The molecule has 4 rings (SSSR count). The largest absolute Gasteiger partial charge is 0.459 e. The number of rotatable bonds is 4. The molecule has 8 heteroatoms. The van der Waals surface area contributed by atoms with E-state index in [0.29, 0.717) is 17.0 Å². The third-order valence-corrected chi connectivity index (χ3v) is 4.63. The number of nitrogens with one attached hydrogen (secondary N) is 3. The highest BCUT2D eigenvalue weighted by atomic mass is 32.1. The lowest BCUT2D eigenvalue weighted by Crippen LogP contribution is -2.34. The van der Waals surface area contributed by atoms with Crippen molar-refractivity contribution in [3.8, 4) is 0 Å². The Balaban J connectivity index is 1.37. The number of furan rings is 2. The van der Waals surface area contributed by atoms with E-state index in [1.54, 1.807) is 36.4 Å². The molecule has 4 aromatic rings. The van der Waals surface area contributed by atoms with E-state index in [-0.39, 0.29) is 22.5 Å². The van der Waals surface area contributed by atoms with Crippen molar-refractivity contribution < 1.29 is 18.4 Å².